The summed E-state index contributed by atoms with van der Waals surface area (Å²) in [5.41, 5.74) is 4.18. The maximum atomic E-state index is 6.44. The lowest BCUT2D eigenvalue weighted by Crippen LogP contribution is -2.26. The van der Waals surface area contributed by atoms with Crippen molar-refractivity contribution in [3.63, 3.8) is 0 Å². The van der Waals surface area contributed by atoms with Gasteiger partial charge in [-0.05, 0) is 33.4 Å². The fourth-order valence-electron chi connectivity index (χ4n) is 2.74. The smallest absolute Gasteiger partial charge is 0.0847 e. The lowest BCUT2D eigenvalue weighted by molar-refractivity contribution is 0.486. The van der Waals surface area contributed by atoms with E-state index in [-0.39, 0.29) is 6.04 Å². The lowest BCUT2D eigenvalue weighted by atomic mass is 10.1. The van der Waals surface area contributed by atoms with Crippen molar-refractivity contribution in [1.29, 1.82) is 0 Å². The van der Waals surface area contributed by atoms with Gasteiger partial charge in [0.25, 0.3) is 0 Å². The molecule has 0 saturated carbocycles. The van der Waals surface area contributed by atoms with Gasteiger partial charge in [0, 0.05) is 20.0 Å². The number of nitrogens with one attached hydrogen (secondary N) is 1. The van der Waals surface area contributed by atoms with Crippen LogP contribution < -0.4 is 5.32 Å². The number of halogens is 1. The predicted molar refractivity (Wildman–Crippen MR) is 85.7 cm³/mol. The Morgan fingerprint density at radius 3 is 2.52 bits per heavy atom. The van der Waals surface area contributed by atoms with Crippen LogP contribution in [-0.4, -0.2) is 26.1 Å². The third-order valence-electron chi connectivity index (χ3n) is 3.70. The molecule has 116 valence electrons. The van der Waals surface area contributed by atoms with Gasteiger partial charge in [0.1, 0.15) is 0 Å². The van der Waals surface area contributed by atoms with Crippen molar-refractivity contribution in [3.8, 4) is 0 Å². The first-order chi connectivity index (χ1) is 9.97. The maximum absolute atomic E-state index is 6.44. The number of aryl methyl sites for hydroxylation is 4. The second kappa shape index (κ2) is 6.62. The summed E-state index contributed by atoms with van der Waals surface area (Å²) in [6.07, 6.45) is 0.806. The SMILES string of the molecule is CCNC(Cc1c(Cl)c(C)nn1CC)c1cc(C)nn1C. The van der Waals surface area contributed by atoms with Gasteiger partial charge in [-0.2, -0.15) is 10.2 Å². The first-order valence-corrected chi connectivity index (χ1v) is 7.81. The first-order valence-electron chi connectivity index (χ1n) is 7.43. The van der Waals surface area contributed by atoms with Crippen molar-refractivity contribution < 1.29 is 0 Å². The minimum Gasteiger partial charge on any atom is -0.309 e. The number of hydrogen-bond donors (Lipinski definition) is 1. The van der Waals surface area contributed by atoms with Crippen LogP contribution in [0.15, 0.2) is 6.07 Å². The van der Waals surface area contributed by atoms with Gasteiger partial charge in [0.15, 0.2) is 0 Å². The summed E-state index contributed by atoms with van der Waals surface area (Å²) >= 11 is 6.44. The predicted octanol–water partition coefficient (Wildman–Crippen LogP) is 2.80. The van der Waals surface area contributed by atoms with E-state index in [0.717, 1.165) is 41.6 Å². The van der Waals surface area contributed by atoms with Gasteiger partial charge in [-0.25, -0.2) is 0 Å². The van der Waals surface area contributed by atoms with Crippen LogP contribution in [0.1, 0.15) is 42.7 Å². The Morgan fingerprint density at radius 2 is 2.00 bits per heavy atom. The van der Waals surface area contributed by atoms with Crippen LogP contribution in [0.4, 0.5) is 0 Å². The molecule has 0 spiro atoms. The topological polar surface area (TPSA) is 47.7 Å². The Balaban J connectivity index is 2.35. The third kappa shape index (κ3) is 3.30. The van der Waals surface area contributed by atoms with E-state index in [9.17, 15) is 0 Å². The van der Waals surface area contributed by atoms with E-state index in [4.69, 9.17) is 11.6 Å². The fraction of sp³-hybridized carbons (Fsp3) is 0.600. The maximum Gasteiger partial charge on any atom is 0.0847 e. The van der Waals surface area contributed by atoms with Crippen LogP contribution in [0.3, 0.4) is 0 Å². The van der Waals surface area contributed by atoms with Gasteiger partial charge in [-0.1, -0.05) is 18.5 Å². The highest BCUT2D eigenvalue weighted by Crippen LogP contribution is 2.26. The Kier molecular flexibility index (Phi) is 5.06. The monoisotopic (exact) mass is 309 g/mol. The lowest BCUT2D eigenvalue weighted by Gasteiger charge is -2.19. The van der Waals surface area contributed by atoms with Crippen LogP contribution in [0.5, 0.6) is 0 Å². The number of likely N-dealkylation sites (N-methyl/N-ethyl adjacent to an activating group) is 1. The summed E-state index contributed by atoms with van der Waals surface area (Å²) in [4.78, 5) is 0. The highest BCUT2D eigenvalue weighted by Gasteiger charge is 2.21. The molecular formula is C15H24ClN5. The molecule has 2 aromatic rings. The molecule has 6 heteroatoms. The van der Waals surface area contributed by atoms with Crippen LogP contribution in [0.2, 0.25) is 5.02 Å². The van der Waals surface area contributed by atoms with E-state index in [2.05, 4.69) is 35.4 Å². The minimum atomic E-state index is 0.181. The first kappa shape index (κ1) is 16.0. The Morgan fingerprint density at radius 1 is 1.29 bits per heavy atom. The molecule has 2 rings (SSSR count). The van der Waals surface area contributed by atoms with Crippen molar-refractivity contribution in [1.82, 2.24) is 24.9 Å². The Hall–Kier alpha value is -1.33. The largest absolute Gasteiger partial charge is 0.309 e. The van der Waals surface area contributed by atoms with Crippen molar-refractivity contribution >= 4 is 11.6 Å². The molecule has 0 saturated heterocycles. The second-order valence-corrected chi connectivity index (χ2v) is 5.69. The zero-order chi connectivity index (χ0) is 15.6. The van der Waals surface area contributed by atoms with E-state index < -0.39 is 0 Å². The average molecular weight is 310 g/mol. The number of nitrogens with zero attached hydrogens (tertiary/aromatic N) is 4. The standard InChI is InChI=1S/C15H24ClN5/c1-6-17-12(13-8-10(3)18-20(13)5)9-14-15(16)11(4)19-21(14)7-2/h8,12,17H,6-7,9H2,1-5H3. The molecule has 1 atom stereocenters. The fourth-order valence-corrected chi connectivity index (χ4v) is 2.95. The third-order valence-corrected chi connectivity index (χ3v) is 4.19. The van der Waals surface area contributed by atoms with Crippen LogP contribution in [-0.2, 0) is 20.0 Å². The Bertz CT molecular complexity index is 614. The van der Waals surface area contributed by atoms with Crippen LogP contribution in [0.25, 0.3) is 0 Å². The van der Waals surface area contributed by atoms with Gasteiger partial charge in [-0.15, -0.1) is 0 Å². The van der Waals surface area contributed by atoms with Crippen molar-refractivity contribution in [2.75, 3.05) is 6.54 Å². The minimum absolute atomic E-state index is 0.181. The molecule has 2 aromatic heterocycles. The van der Waals surface area contributed by atoms with E-state index >= 15 is 0 Å². The van der Waals surface area contributed by atoms with Gasteiger partial charge >= 0.3 is 0 Å². The van der Waals surface area contributed by atoms with E-state index in [1.165, 1.54) is 5.69 Å². The summed E-state index contributed by atoms with van der Waals surface area (Å²) in [6, 6.07) is 2.31. The molecular weight excluding hydrogens is 286 g/mol. The molecule has 21 heavy (non-hydrogen) atoms. The Labute approximate surface area is 131 Å². The van der Waals surface area contributed by atoms with E-state index in [1.807, 2.05) is 30.3 Å². The summed E-state index contributed by atoms with van der Waals surface area (Å²) in [7, 11) is 1.98. The summed E-state index contributed by atoms with van der Waals surface area (Å²) in [5, 5.41) is 13.3. The average Bonchev–Trinajstić information content (AvgIpc) is 2.91. The molecule has 0 radical (unpaired) electrons. The molecule has 0 fully saturated rings. The molecule has 1 unspecified atom stereocenters. The van der Waals surface area contributed by atoms with Gasteiger partial charge in [0.05, 0.1) is 33.8 Å². The molecule has 5 nitrogen and oxygen atoms in total. The van der Waals surface area contributed by atoms with E-state index in [1.54, 1.807) is 0 Å². The zero-order valence-electron chi connectivity index (χ0n) is 13.4. The summed E-state index contributed by atoms with van der Waals surface area (Å²) in [6.45, 7) is 9.88. The number of hydrogen-bond acceptors (Lipinski definition) is 3. The molecule has 0 amide bonds. The number of aromatic nitrogens is 4. The highest BCUT2D eigenvalue weighted by atomic mass is 35.5. The molecule has 2 heterocycles. The van der Waals surface area contributed by atoms with Gasteiger partial charge in [-0.3, -0.25) is 9.36 Å². The normalized spacial score (nSPS) is 12.9. The van der Waals surface area contributed by atoms with Gasteiger partial charge < -0.3 is 5.32 Å². The molecule has 0 bridgehead atoms. The number of rotatable bonds is 6. The van der Waals surface area contributed by atoms with Crippen LogP contribution >= 0.6 is 11.6 Å². The quantitative estimate of drug-likeness (QED) is 0.892. The second-order valence-electron chi connectivity index (χ2n) is 5.31. The zero-order valence-corrected chi connectivity index (χ0v) is 14.2. The molecule has 0 aliphatic carbocycles. The summed E-state index contributed by atoms with van der Waals surface area (Å²) in [5.74, 6) is 0. The molecule has 1 N–H and O–H groups in total. The highest BCUT2D eigenvalue weighted by molar-refractivity contribution is 6.31. The van der Waals surface area contributed by atoms with Crippen molar-refractivity contribution in [3.05, 3.63) is 33.9 Å². The van der Waals surface area contributed by atoms with Crippen molar-refractivity contribution in [2.24, 2.45) is 7.05 Å². The molecule has 0 aliphatic heterocycles. The van der Waals surface area contributed by atoms with Crippen molar-refractivity contribution in [2.45, 2.75) is 46.7 Å². The molecule has 0 aliphatic rings. The van der Waals surface area contributed by atoms with Gasteiger partial charge in [0.2, 0.25) is 0 Å². The van der Waals surface area contributed by atoms with Crippen LogP contribution in [0, 0.1) is 13.8 Å². The molecule has 0 aromatic carbocycles. The summed E-state index contributed by atoms with van der Waals surface area (Å²) < 4.78 is 3.93. The van der Waals surface area contributed by atoms with E-state index in [0.29, 0.717) is 0 Å².